The van der Waals surface area contributed by atoms with Crippen LogP contribution in [0.15, 0.2) is 29.2 Å². The standard InChI is InChI=1S/C21H28N6O3S/c1-20(2,3)19-22-17(26-11-10-21(4,28)13-26)16-18(23-19)27(25-24-16)12-14-8-6-7-9-15(14)31(5,29)30/h6-9,28H,10-13H2,1-5H3. The average molecular weight is 445 g/mol. The van der Waals surface area contributed by atoms with Gasteiger partial charge < -0.3 is 10.0 Å². The van der Waals surface area contributed by atoms with Crippen molar-refractivity contribution in [2.45, 2.75) is 56.6 Å². The first-order valence-electron chi connectivity index (χ1n) is 10.2. The maximum atomic E-state index is 12.2. The van der Waals surface area contributed by atoms with Crippen LogP contribution >= 0.6 is 0 Å². The van der Waals surface area contributed by atoms with Crippen molar-refractivity contribution < 1.29 is 13.5 Å². The zero-order valence-corrected chi connectivity index (χ0v) is 19.3. The van der Waals surface area contributed by atoms with Gasteiger partial charge >= 0.3 is 0 Å². The van der Waals surface area contributed by atoms with Crippen LogP contribution in [-0.2, 0) is 21.8 Å². The van der Waals surface area contributed by atoms with Gasteiger partial charge in [-0.05, 0) is 25.0 Å². The Morgan fingerprint density at radius 3 is 2.52 bits per heavy atom. The highest BCUT2D eigenvalue weighted by Crippen LogP contribution is 2.32. The fourth-order valence-electron chi connectivity index (χ4n) is 3.79. The van der Waals surface area contributed by atoms with Crippen LogP contribution in [0.3, 0.4) is 0 Å². The molecule has 3 heterocycles. The van der Waals surface area contributed by atoms with Crippen molar-refractivity contribution in [1.29, 1.82) is 0 Å². The number of hydrogen-bond acceptors (Lipinski definition) is 8. The number of aromatic nitrogens is 5. The van der Waals surface area contributed by atoms with Gasteiger partial charge in [0.15, 0.2) is 26.8 Å². The summed E-state index contributed by atoms with van der Waals surface area (Å²) < 4.78 is 26.1. The summed E-state index contributed by atoms with van der Waals surface area (Å²) in [7, 11) is -3.39. The molecule has 0 aliphatic carbocycles. The fraction of sp³-hybridized carbons (Fsp3) is 0.524. The normalized spacial score (nSPS) is 20.0. The van der Waals surface area contributed by atoms with Crippen molar-refractivity contribution in [3.63, 3.8) is 0 Å². The van der Waals surface area contributed by atoms with Crippen molar-refractivity contribution in [3.05, 3.63) is 35.7 Å². The SMILES string of the molecule is CC1(O)CCN(c2nc(C(C)(C)C)nc3c2nnn3Cc2ccccc2S(C)(=O)=O)C1. The van der Waals surface area contributed by atoms with Gasteiger partial charge in [0.2, 0.25) is 0 Å². The molecule has 9 nitrogen and oxygen atoms in total. The van der Waals surface area contributed by atoms with Gasteiger partial charge in [0.05, 0.1) is 17.0 Å². The van der Waals surface area contributed by atoms with Crippen LogP contribution in [0.4, 0.5) is 5.82 Å². The second-order valence-corrected chi connectivity index (χ2v) is 11.6. The molecular formula is C21H28N6O3S. The molecule has 2 aromatic heterocycles. The van der Waals surface area contributed by atoms with Crippen LogP contribution < -0.4 is 4.90 Å². The molecule has 1 unspecified atom stereocenters. The minimum absolute atomic E-state index is 0.220. The molecular weight excluding hydrogens is 416 g/mol. The van der Waals surface area contributed by atoms with E-state index in [0.717, 1.165) is 0 Å². The predicted octanol–water partition coefficient (Wildman–Crippen LogP) is 1.93. The number of aliphatic hydroxyl groups is 1. The zero-order chi connectivity index (χ0) is 22.6. The number of hydrogen-bond donors (Lipinski definition) is 1. The van der Waals surface area contributed by atoms with Crippen molar-refractivity contribution in [1.82, 2.24) is 25.0 Å². The van der Waals surface area contributed by atoms with Crippen LogP contribution in [0.1, 0.15) is 45.5 Å². The third-order valence-corrected chi connectivity index (χ3v) is 6.66. The molecule has 1 aromatic carbocycles. The lowest BCUT2D eigenvalue weighted by Crippen LogP contribution is -2.31. The Kier molecular flexibility index (Phi) is 5.05. The zero-order valence-electron chi connectivity index (χ0n) is 18.5. The molecule has 3 aromatic rings. The van der Waals surface area contributed by atoms with E-state index in [9.17, 15) is 13.5 Å². The highest BCUT2D eigenvalue weighted by Gasteiger charge is 2.35. The first-order valence-corrected chi connectivity index (χ1v) is 12.1. The van der Waals surface area contributed by atoms with Crippen LogP contribution in [0.5, 0.6) is 0 Å². The number of benzene rings is 1. The molecule has 0 spiro atoms. The van der Waals surface area contributed by atoms with Gasteiger partial charge in [-0.15, -0.1) is 5.10 Å². The van der Waals surface area contributed by atoms with E-state index in [1.165, 1.54) is 6.26 Å². The molecule has 166 valence electrons. The topological polar surface area (TPSA) is 114 Å². The first kappa shape index (κ1) is 21.6. The van der Waals surface area contributed by atoms with E-state index in [2.05, 4.69) is 10.3 Å². The van der Waals surface area contributed by atoms with E-state index < -0.39 is 15.4 Å². The smallest absolute Gasteiger partial charge is 0.184 e. The molecule has 1 saturated heterocycles. The summed E-state index contributed by atoms with van der Waals surface area (Å²) in [6, 6.07) is 6.87. The summed E-state index contributed by atoms with van der Waals surface area (Å²) in [6.07, 6.45) is 1.84. The number of anilines is 1. The quantitative estimate of drug-likeness (QED) is 0.649. The molecule has 1 aliphatic heterocycles. The Bertz CT molecular complexity index is 1240. The van der Waals surface area contributed by atoms with E-state index in [1.54, 1.807) is 28.9 Å². The van der Waals surface area contributed by atoms with Gasteiger partial charge in [-0.2, -0.15) is 0 Å². The summed E-state index contributed by atoms with van der Waals surface area (Å²) >= 11 is 0. The van der Waals surface area contributed by atoms with Crippen molar-refractivity contribution in [2.75, 3.05) is 24.2 Å². The molecule has 1 atom stereocenters. The summed E-state index contributed by atoms with van der Waals surface area (Å²) in [6.45, 7) is 9.24. The number of β-amino-alcohol motifs (C(OH)–C–C–N with tert-alkyl or cyclic N) is 1. The van der Waals surface area contributed by atoms with E-state index in [-0.39, 0.29) is 16.9 Å². The third kappa shape index (κ3) is 4.27. The molecule has 0 radical (unpaired) electrons. The second-order valence-electron chi connectivity index (χ2n) is 9.59. The Hall–Kier alpha value is -2.59. The summed E-state index contributed by atoms with van der Waals surface area (Å²) in [5.41, 5.74) is 0.611. The summed E-state index contributed by atoms with van der Waals surface area (Å²) in [5.74, 6) is 1.29. The van der Waals surface area contributed by atoms with Crippen molar-refractivity contribution in [2.24, 2.45) is 0 Å². The maximum Gasteiger partial charge on any atom is 0.184 e. The molecule has 31 heavy (non-hydrogen) atoms. The Labute approximate surface area is 182 Å². The van der Waals surface area contributed by atoms with Gasteiger partial charge in [0, 0.05) is 24.8 Å². The van der Waals surface area contributed by atoms with Crippen molar-refractivity contribution in [3.8, 4) is 0 Å². The van der Waals surface area contributed by atoms with Crippen LogP contribution in [0, 0.1) is 0 Å². The molecule has 0 saturated carbocycles. The lowest BCUT2D eigenvalue weighted by Gasteiger charge is -2.23. The molecule has 1 N–H and O–H groups in total. The highest BCUT2D eigenvalue weighted by molar-refractivity contribution is 7.90. The number of nitrogens with zero attached hydrogens (tertiary/aromatic N) is 6. The summed E-state index contributed by atoms with van der Waals surface area (Å²) in [4.78, 5) is 11.8. The maximum absolute atomic E-state index is 12.2. The van der Waals surface area contributed by atoms with Gasteiger partial charge in [-0.1, -0.05) is 44.2 Å². The molecule has 0 amide bonds. The first-order chi connectivity index (χ1) is 14.4. The third-order valence-electron chi connectivity index (χ3n) is 5.46. The molecule has 1 fully saturated rings. The van der Waals surface area contributed by atoms with E-state index >= 15 is 0 Å². The average Bonchev–Trinajstić information content (AvgIpc) is 3.23. The minimum Gasteiger partial charge on any atom is -0.388 e. The number of sulfone groups is 1. The predicted molar refractivity (Wildman–Crippen MR) is 118 cm³/mol. The largest absolute Gasteiger partial charge is 0.388 e. The second kappa shape index (κ2) is 7.23. The Balaban J connectivity index is 1.85. The van der Waals surface area contributed by atoms with Crippen LogP contribution in [0.25, 0.3) is 11.2 Å². The highest BCUT2D eigenvalue weighted by atomic mass is 32.2. The molecule has 4 rings (SSSR count). The Morgan fingerprint density at radius 2 is 1.90 bits per heavy atom. The van der Waals surface area contributed by atoms with E-state index in [4.69, 9.17) is 9.97 Å². The Morgan fingerprint density at radius 1 is 1.19 bits per heavy atom. The van der Waals surface area contributed by atoms with Crippen molar-refractivity contribution >= 4 is 26.8 Å². The fourth-order valence-corrected chi connectivity index (χ4v) is 4.72. The lowest BCUT2D eigenvalue weighted by atomic mass is 9.96. The van der Waals surface area contributed by atoms with Crippen LogP contribution in [0.2, 0.25) is 0 Å². The van der Waals surface area contributed by atoms with Gasteiger partial charge in [0.25, 0.3) is 0 Å². The summed E-state index contributed by atoms with van der Waals surface area (Å²) in [5, 5.41) is 19.1. The van der Waals surface area contributed by atoms with Gasteiger partial charge in [-0.3, -0.25) is 0 Å². The number of rotatable bonds is 4. The lowest BCUT2D eigenvalue weighted by molar-refractivity contribution is 0.0839. The van der Waals surface area contributed by atoms with Gasteiger partial charge in [-0.25, -0.2) is 23.1 Å². The molecule has 0 bridgehead atoms. The number of fused-ring (bicyclic) bond motifs is 1. The van der Waals surface area contributed by atoms with Gasteiger partial charge in [0.1, 0.15) is 5.82 Å². The minimum atomic E-state index is -3.39. The monoisotopic (exact) mass is 444 g/mol. The van der Waals surface area contributed by atoms with E-state index in [1.807, 2.05) is 32.6 Å². The molecule has 1 aliphatic rings. The molecule has 10 heteroatoms. The van der Waals surface area contributed by atoms with Crippen LogP contribution in [-0.4, -0.2) is 63.4 Å². The van der Waals surface area contributed by atoms with E-state index in [0.29, 0.717) is 47.9 Å².